The molecule has 0 spiro atoms. The van der Waals surface area contributed by atoms with Crippen molar-refractivity contribution in [2.75, 3.05) is 19.6 Å². The number of aryl methyl sites for hydroxylation is 1. The van der Waals surface area contributed by atoms with Crippen LogP contribution in [0.15, 0.2) is 23.7 Å². The molecule has 0 saturated carbocycles. The molecule has 0 amide bonds. The molecule has 9 heteroatoms. The van der Waals surface area contributed by atoms with Gasteiger partial charge in [-0.25, -0.2) is 9.98 Å². The number of nitrogens with zero attached hydrogens (tertiary/aromatic N) is 7. The zero-order valence-corrected chi connectivity index (χ0v) is 19.7. The summed E-state index contributed by atoms with van der Waals surface area (Å²) < 4.78 is 4.23. The third kappa shape index (κ3) is 5.45. The highest BCUT2D eigenvalue weighted by molar-refractivity contribution is 14.0. The molecule has 8 nitrogen and oxygen atoms in total. The lowest BCUT2D eigenvalue weighted by Gasteiger charge is -2.39. The molecule has 2 aromatic rings. The molecule has 2 unspecified atom stereocenters. The topological polar surface area (TPSA) is 76.2 Å². The Hall–Kier alpha value is -1.65. The number of hydrogen-bond donors (Lipinski definition) is 1. The number of guanidine groups is 1. The number of rotatable bonds is 6. The van der Waals surface area contributed by atoms with Crippen LogP contribution in [-0.2, 0) is 13.6 Å². The van der Waals surface area contributed by atoms with Crippen molar-refractivity contribution in [3.05, 3.63) is 30.4 Å². The zero-order chi connectivity index (χ0) is 19.2. The number of unbranched alkanes of at least 4 members (excludes halogenated alkanes) is 1. The lowest BCUT2D eigenvalue weighted by Crippen LogP contribution is -2.49. The summed E-state index contributed by atoms with van der Waals surface area (Å²) in [5.41, 5.74) is 0. The van der Waals surface area contributed by atoms with Crippen LogP contribution in [-0.4, -0.2) is 54.8 Å². The molecule has 1 N–H and O–H groups in total. The number of hydrogen-bond acceptors (Lipinski definition) is 4. The van der Waals surface area contributed by atoms with Gasteiger partial charge in [0, 0.05) is 39.1 Å². The Kier molecular flexibility index (Phi) is 8.71. The van der Waals surface area contributed by atoms with Crippen LogP contribution in [0.2, 0.25) is 0 Å². The van der Waals surface area contributed by atoms with E-state index in [1.165, 1.54) is 0 Å². The first-order valence-corrected chi connectivity index (χ1v) is 9.95. The smallest absolute Gasteiger partial charge is 0.194 e. The first-order chi connectivity index (χ1) is 13.1. The lowest BCUT2D eigenvalue weighted by molar-refractivity contribution is 0.188. The predicted molar refractivity (Wildman–Crippen MR) is 122 cm³/mol. The Balaban J connectivity index is 0.00000280. The standard InChI is InChI=1S/C19H32N8.HI/c1-5-6-8-21-19(22-12-18-24-23-16(3)25(18)4)26-10-7-15(2)17(13-26)27-11-9-20-14-27;/h9,11,14-15,17H,5-8,10,12-13H2,1-4H3,(H,21,22);1H. The summed E-state index contributed by atoms with van der Waals surface area (Å²) >= 11 is 0. The minimum atomic E-state index is 0. The highest BCUT2D eigenvalue weighted by Crippen LogP contribution is 2.27. The Morgan fingerprint density at radius 2 is 2.18 bits per heavy atom. The fourth-order valence-electron chi connectivity index (χ4n) is 3.47. The summed E-state index contributed by atoms with van der Waals surface area (Å²) in [6, 6.07) is 0.413. The average Bonchev–Trinajstić information content (AvgIpc) is 3.30. The second-order valence-corrected chi connectivity index (χ2v) is 7.43. The minimum absolute atomic E-state index is 0. The van der Waals surface area contributed by atoms with Crippen molar-refractivity contribution >= 4 is 29.9 Å². The van der Waals surface area contributed by atoms with Crippen LogP contribution in [0.25, 0.3) is 0 Å². The molecule has 2 aromatic heterocycles. The van der Waals surface area contributed by atoms with Gasteiger partial charge in [-0.05, 0) is 25.7 Å². The second kappa shape index (κ2) is 10.8. The van der Waals surface area contributed by atoms with Crippen LogP contribution in [0, 0.1) is 12.8 Å². The van der Waals surface area contributed by atoms with Gasteiger partial charge in [0.05, 0.1) is 12.4 Å². The molecule has 28 heavy (non-hydrogen) atoms. The summed E-state index contributed by atoms with van der Waals surface area (Å²) in [6.45, 7) is 9.92. The van der Waals surface area contributed by atoms with Gasteiger partial charge in [-0.15, -0.1) is 34.2 Å². The molecule has 1 aliphatic rings. The zero-order valence-electron chi connectivity index (χ0n) is 17.4. The van der Waals surface area contributed by atoms with Crippen LogP contribution in [0.3, 0.4) is 0 Å². The fraction of sp³-hybridized carbons (Fsp3) is 0.684. The lowest BCUT2D eigenvalue weighted by atomic mass is 9.93. The van der Waals surface area contributed by atoms with E-state index in [0.29, 0.717) is 18.5 Å². The van der Waals surface area contributed by atoms with E-state index in [1.807, 2.05) is 31.1 Å². The number of aromatic nitrogens is 5. The van der Waals surface area contributed by atoms with Gasteiger partial charge < -0.3 is 19.4 Å². The van der Waals surface area contributed by atoms with Gasteiger partial charge >= 0.3 is 0 Å². The molecule has 0 aromatic carbocycles. The van der Waals surface area contributed by atoms with Crippen LogP contribution in [0.1, 0.15) is 50.8 Å². The average molecular weight is 500 g/mol. The van der Waals surface area contributed by atoms with E-state index in [-0.39, 0.29) is 24.0 Å². The van der Waals surface area contributed by atoms with Crippen LogP contribution >= 0.6 is 24.0 Å². The molecule has 3 rings (SSSR count). The molecular weight excluding hydrogens is 467 g/mol. The van der Waals surface area contributed by atoms with Crippen molar-refractivity contribution in [2.24, 2.45) is 18.0 Å². The van der Waals surface area contributed by atoms with E-state index < -0.39 is 0 Å². The number of imidazole rings is 1. The Labute approximate surface area is 184 Å². The third-order valence-corrected chi connectivity index (χ3v) is 5.49. The van der Waals surface area contributed by atoms with E-state index in [2.05, 4.69) is 50.0 Å². The number of piperidine rings is 1. The van der Waals surface area contributed by atoms with Crippen molar-refractivity contribution in [1.29, 1.82) is 0 Å². The van der Waals surface area contributed by atoms with Crippen molar-refractivity contribution in [3.8, 4) is 0 Å². The van der Waals surface area contributed by atoms with Gasteiger partial charge in [-0.3, -0.25) is 0 Å². The third-order valence-electron chi connectivity index (χ3n) is 5.49. The van der Waals surface area contributed by atoms with Crippen LogP contribution in [0.5, 0.6) is 0 Å². The predicted octanol–water partition coefficient (Wildman–Crippen LogP) is 2.77. The number of aliphatic imine (C=N–C) groups is 1. The highest BCUT2D eigenvalue weighted by atomic mass is 127. The van der Waals surface area contributed by atoms with E-state index in [0.717, 1.165) is 56.5 Å². The van der Waals surface area contributed by atoms with Gasteiger partial charge in [0.25, 0.3) is 0 Å². The molecule has 0 bridgehead atoms. The van der Waals surface area contributed by atoms with Crippen LogP contribution < -0.4 is 5.32 Å². The second-order valence-electron chi connectivity index (χ2n) is 7.43. The van der Waals surface area contributed by atoms with E-state index >= 15 is 0 Å². The Morgan fingerprint density at radius 3 is 2.82 bits per heavy atom. The summed E-state index contributed by atoms with van der Waals surface area (Å²) in [5.74, 6) is 3.39. The SMILES string of the molecule is CCCCNC(=NCc1nnc(C)n1C)N1CCC(C)C(n2ccnc2)C1.I. The highest BCUT2D eigenvalue weighted by Gasteiger charge is 2.29. The molecule has 3 heterocycles. The normalized spacial score (nSPS) is 20.1. The van der Waals surface area contributed by atoms with Gasteiger partial charge in [-0.1, -0.05) is 20.3 Å². The van der Waals surface area contributed by atoms with E-state index in [9.17, 15) is 0 Å². The first-order valence-electron chi connectivity index (χ1n) is 9.95. The minimum Gasteiger partial charge on any atom is -0.356 e. The maximum absolute atomic E-state index is 4.89. The van der Waals surface area contributed by atoms with E-state index in [4.69, 9.17) is 4.99 Å². The van der Waals surface area contributed by atoms with Crippen molar-refractivity contribution in [1.82, 2.24) is 34.5 Å². The Bertz CT molecular complexity index is 739. The summed E-state index contributed by atoms with van der Waals surface area (Å²) in [5, 5.41) is 11.9. The molecule has 156 valence electrons. The molecule has 1 fully saturated rings. The molecular formula is C19H33IN8. The van der Waals surface area contributed by atoms with Gasteiger partial charge in [0.2, 0.25) is 0 Å². The van der Waals surface area contributed by atoms with Crippen molar-refractivity contribution < 1.29 is 0 Å². The van der Waals surface area contributed by atoms with Crippen LogP contribution in [0.4, 0.5) is 0 Å². The quantitative estimate of drug-likeness (QED) is 0.286. The van der Waals surface area contributed by atoms with Crippen molar-refractivity contribution in [3.63, 3.8) is 0 Å². The summed E-state index contributed by atoms with van der Waals surface area (Å²) in [7, 11) is 1.99. The molecule has 1 saturated heterocycles. The number of likely N-dealkylation sites (tertiary alicyclic amines) is 1. The molecule has 0 aliphatic carbocycles. The van der Waals surface area contributed by atoms with Gasteiger partial charge in [0.15, 0.2) is 11.8 Å². The molecule has 2 atom stereocenters. The summed E-state index contributed by atoms with van der Waals surface area (Å²) in [4.78, 5) is 11.5. The molecule has 0 radical (unpaired) electrons. The largest absolute Gasteiger partial charge is 0.356 e. The van der Waals surface area contributed by atoms with E-state index in [1.54, 1.807) is 0 Å². The van der Waals surface area contributed by atoms with Gasteiger partial charge in [-0.2, -0.15) is 0 Å². The molecule has 1 aliphatic heterocycles. The number of halogens is 1. The number of nitrogens with one attached hydrogen (secondary N) is 1. The summed E-state index contributed by atoms with van der Waals surface area (Å²) in [6.07, 6.45) is 9.29. The maximum Gasteiger partial charge on any atom is 0.194 e. The Morgan fingerprint density at radius 1 is 1.36 bits per heavy atom. The fourth-order valence-corrected chi connectivity index (χ4v) is 3.47. The first kappa shape index (κ1) is 22.6. The van der Waals surface area contributed by atoms with Gasteiger partial charge in [0.1, 0.15) is 12.4 Å². The monoisotopic (exact) mass is 500 g/mol. The van der Waals surface area contributed by atoms with Crippen molar-refractivity contribution in [2.45, 2.75) is 52.6 Å². The maximum atomic E-state index is 4.89.